The smallest absolute Gasteiger partial charge is 0.320 e. The van der Waals surface area contributed by atoms with Crippen LogP contribution in [0.4, 0.5) is 4.79 Å². The molecule has 2 rings (SSSR count). The van der Waals surface area contributed by atoms with Crippen molar-refractivity contribution in [3.63, 3.8) is 0 Å². The molecule has 1 saturated carbocycles. The number of hydrogen-bond acceptors (Lipinski definition) is 3. The second-order valence-corrected chi connectivity index (χ2v) is 5.62. The maximum absolute atomic E-state index is 12.7. The summed E-state index contributed by atoms with van der Waals surface area (Å²) in [7, 11) is 0. The monoisotopic (exact) mass is 283 g/mol. The van der Waals surface area contributed by atoms with Gasteiger partial charge >= 0.3 is 12.0 Å². The average Bonchev–Trinajstić information content (AvgIpc) is 3.25. The lowest BCUT2D eigenvalue weighted by Gasteiger charge is -2.37. The van der Waals surface area contributed by atoms with Crippen molar-refractivity contribution in [2.24, 2.45) is 0 Å². The number of aliphatic carboxylic acids is 1. The van der Waals surface area contributed by atoms with E-state index in [0.717, 1.165) is 38.8 Å². The highest BCUT2D eigenvalue weighted by Gasteiger charge is 2.36. The molecule has 1 saturated heterocycles. The van der Waals surface area contributed by atoms with Crippen LogP contribution in [0.15, 0.2) is 0 Å². The third-order valence-corrected chi connectivity index (χ3v) is 4.14. The Hall–Kier alpha value is -1.30. The number of amides is 2. The molecule has 0 atom stereocenters. The quantitative estimate of drug-likeness (QED) is 0.766. The van der Waals surface area contributed by atoms with Crippen molar-refractivity contribution >= 4 is 12.0 Å². The minimum Gasteiger partial charge on any atom is -0.481 e. The summed E-state index contributed by atoms with van der Waals surface area (Å²) in [5, 5.41) is 12.1. The predicted molar refractivity (Wildman–Crippen MR) is 75.6 cm³/mol. The summed E-state index contributed by atoms with van der Waals surface area (Å²) < 4.78 is 0. The zero-order valence-electron chi connectivity index (χ0n) is 12.2. The molecule has 2 fully saturated rings. The second kappa shape index (κ2) is 6.92. The van der Waals surface area contributed by atoms with Crippen molar-refractivity contribution in [1.29, 1.82) is 0 Å². The molecule has 0 aromatic rings. The fraction of sp³-hybridized carbons (Fsp3) is 0.857. The van der Waals surface area contributed by atoms with Gasteiger partial charge in [0.15, 0.2) is 0 Å². The van der Waals surface area contributed by atoms with Crippen LogP contribution in [0, 0.1) is 0 Å². The first kappa shape index (κ1) is 15.1. The van der Waals surface area contributed by atoms with Crippen molar-refractivity contribution in [3.05, 3.63) is 0 Å². The van der Waals surface area contributed by atoms with E-state index in [4.69, 9.17) is 5.11 Å². The number of carboxylic acids is 1. The Kier molecular flexibility index (Phi) is 5.23. The summed E-state index contributed by atoms with van der Waals surface area (Å²) in [4.78, 5) is 27.2. The van der Waals surface area contributed by atoms with Crippen LogP contribution in [0.1, 0.15) is 39.0 Å². The Bertz CT molecular complexity index is 352. The molecular weight excluding hydrogens is 258 g/mol. The minimum absolute atomic E-state index is 0.0307. The molecule has 2 N–H and O–H groups in total. The van der Waals surface area contributed by atoms with Gasteiger partial charge in [0.05, 0.1) is 6.42 Å². The number of urea groups is 1. The summed E-state index contributed by atoms with van der Waals surface area (Å²) in [6, 6.07) is 0.584. The van der Waals surface area contributed by atoms with Crippen molar-refractivity contribution < 1.29 is 14.7 Å². The fourth-order valence-electron chi connectivity index (χ4n) is 2.87. The maximum atomic E-state index is 12.7. The first-order chi connectivity index (χ1) is 9.63. The van der Waals surface area contributed by atoms with E-state index in [-0.39, 0.29) is 18.5 Å². The molecule has 0 spiro atoms. The molecule has 0 bridgehead atoms. The van der Waals surface area contributed by atoms with Crippen molar-refractivity contribution in [2.75, 3.05) is 26.2 Å². The standard InChI is InChI=1S/C14H25N3O3/c1-2-16(12-5-8-15-9-6-12)14(20)17(11-3-4-11)10-7-13(18)19/h11-12,15H,2-10H2,1H3,(H,18,19). The van der Waals surface area contributed by atoms with Crippen LogP contribution < -0.4 is 5.32 Å². The number of carboxylic acid groups (broad SMARTS) is 1. The van der Waals surface area contributed by atoms with Gasteiger partial charge in [-0.1, -0.05) is 0 Å². The van der Waals surface area contributed by atoms with Gasteiger partial charge in [0.1, 0.15) is 0 Å². The van der Waals surface area contributed by atoms with E-state index >= 15 is 0 Å². The maximum Gasteiger partial charge on any atom is 0.320 e. The summed E-state index contributed by atoms with van der Waals surface area (Å²) in [6.45, 7) is 4.93. The first-order valence-electron chi connectivity index (χ1n) is 7.63. The van der Waals surface area contributed by atoms with Crippen LogP contribution in [-0.4, -0.2) is 65.2 Å². The van der Waals surface area contributed by atoms with E-state index in [1.54, 1.807) is 4.90 Å². The van der Waals surface area contributed by atoms with Crippen LogP contribution in [0.5, 0.6) is 0 Å². The van der Waals surface area contributed by atoms with Gasteiger partial charge in [-0.3, -0.25) is 4.79 Å². The number of rotatable bonds is 6. The molecule has 1 heterocycles. The van der Waals surface area contributed by atoms with Gasteiger partial charge in [-0.15, -0.1) is 0 Å². The van der Waals surface area contributed by atoms with Gasteiger partial charge < -0.3 is 20.2 Å². The molecule has 20 heavy (non-hydrogen) atoms. The Morgan fingerprint density at radius 3 is 2.20 bits per heavy atom. The van der Waals surface area contributed by atoms with Gasteiger partial charge in [0, 0.05) is 25.2 Å². The van der Waals surface area contributed by atoms with Crippen molar-refractivity contribution in [2.45, 2.75) is 51.1 Å². The third kappa shape index (κ3) is 3.85. The lowest BCUT2D eigenvalue weighted by atomic mass is 10.1. The number of carbonyl (C=O) groups excluding carboxylic acids is 1. The molecule has 0 unspecified atom stereocenters. The number of carbonyl (C=O) groups is 2. The van der Waals surface area contributed by atoms with Crippen LogP contribution in [0.2, 0.25) is 0 Å². The molecule has 6 nitrogen and oxygen atoms in total. The van der Waals surface area contributed by atoms with E-state index in [2.05, 4.69) is 5.32 Å². The van der Waals surface area contributed by atoms with Crippen molar-refractivity contribution in [3.8, 4) is 0 Å². The Balaban J connectivity index is 1.98. The highest BCUT2D eigenvalue weighted by atomic mass is 16.4. The lowest BCUT2D eigenvalue weighted by Crippen LogP contribution is -2.52. The molecule has 0 aromatic heterocycles. The first-order valence-corrected chi connectivity index (χ1v) is 7.63. The molecule has 114 valence electrons. The zero-order valence-corrected chi connectivity index (χ0v) is 12.2. The predicted octanol–water partition coefficient (Wildman–Crippen LogP) is 1.12. The Labute approximate surface area is 120 Å². The molecule has 2 amide bonds. The van der Waals surface area contributed by atoms with E-state index < -0.39 is 5.97 Å². The van der Waals surface area contributed by atoms with Crippen LogP contribution in [0.25, 0.3) is 0 Å². The second-order valence-electron chi connectivity index (χ2n) is 5.62. The SMILES string of the molecule is CCN(C(=O)N(CCC(=O)O)C1CC1)C1CCNCC1. The van der Waals surface area contributed by atoms with Crippen LogP contribution >= 0.6 is 0 Å². The molecule has 1 aliphatic carbocycles. The molecular formula is C14H25N3O3. The molecule has 6 heteroatoms. The molecule has 0 radical (unpaired) electrons. The van der Waals surface area contributed by atoms with Gasteiger partial charge in [-0.2, -0.15) is 0 Å². The number of nitrogens with one attached hydrogen (secondary N) is 1. The van der Waals surface area contributed by atoms with E-state index in [9.17, 15) is 9.59 Å². The third-order valence-electron chi connectivity index (χ3n) is 4.14. The summed E-state index contributed by atoms with van der Waals surface area (Å²) in [5.41, 5.74) is 0. The summed E-state index contributed by atoms with van der Waals surface area (Å²) >= 11 is 0. The summed E-state index contributed by atoms with van der Waals surface area (Å²) in [5.74, 6) is -0.839. The highest BCUT2D eigenvalue weighted by Crippen LogP contribution is 2.29. The highest BCUT2D eigenvalue weighted by molar-refractivity contribution is 5.76. The van der Waals surface area contributed by atoms with Crippen LogP contribution in [-0.2, 0) is 4.79 Å². The van der Waals surface area contributed by atoms with Gasteiger partial charge in [-0.05, 0) is 45.7 Å². The lowest BCUT2D eigenvalue weighted by molar-refractivity contribution is -0.137. The number of piperidine rings is 1. The van der Waals surface area contributed by atoms with Crippen molar-refractivity contribution in [1.82, 2.24) is 15.1 Å². The van der Waals surface area contributed by atoms with Gasteiger partial charge in [-0.25, -0.2) is 4.79 Å². The van der Waals surface area contributed by atoms with E-state index in [1.165, 1.54) is 0 Å². The Morgan fingerprint density at radius 1 is 1.10 bits per heavy atom. The largest absolute Gasteiger partial charge is 0.481 e. The normalized spacial score (nSPS) is 19.6. The summed E-state index contributed by atoms with van der Waals surface area (Å²) in [6.07, 6.45) is 4.02. The minimum atomic E-state index is -0.839. The Morgan fingerprint density at radius 2 is 1.70 bits per heavy atom. The molecule has 2 aliphatic rings. The van der Waals surface area contributed by atoms with E-state index in [0.29, 0.717) is 19.1 Å². The molecule has 1 aliphatic heterocycles. The van der Waals surface area contributed by atoms with Gasteiger partial charge in [0.2, 0.25) is 0 Å². The topological polar surface area (TPSA) is 72.9 Å². The molecule has 0 aromatic carbocycles. The number of hydrogen-bond donors (Lipinski definition) is 2. The zero-order chi connectivity index (χ0) is 14.5. The van der Waals surface area contributed by atoms with Crippen LogP contribution in [0.3, 0.4) is 0 Å². The number of nitrogens with zero attached hydrogens (tertiary/aromatic N) is 2. The van der Waals surface area contributed by atoms with E-state index in [1.807, 2.05) is 11.8 Å². The van der Waals surface area contributed by atoms with Gasteiger partial charge in [0.25, 0.3) is 0 Å². The average molecular weight is 283 g/mol. The fourth-order valence-corrected chi connectivity index (χ4v) is 2.87.